The van der Waals surface area contributed by atoms with Gasteiger partial charge < -0.3 is 10.4 Å². The van der Waals surface area contributed by atoms with Gasteiger partial charge in [0.05, 0.1) is 11.3 Å². The molecule has 4 nitrogen and oxygen atoms in total. The maximum atomic E-state index is 12.1. The predicted octanol–water partition coefficient (Wildman–Crippen LogP) is 3.98. The molecule has 0 saturated heterocycles. The summed E-state index contributed by atoms with van der Waals surface area (Å²) < 4.78 is 0. The Labute approximate surface area is 138 Å². The first kappa shape index (κ1) is 15.4. The highest BCUT2D eigenvalue weighted by molar-refractivity contribution is 8.00. The first-order chi connectivity index (χ1) is 11.1. The van der Waals surface area contributed by atoms with E-state index in [-0.39, 0.29) is 11.7 Å². The van der Waals surface area contributed by atoms with Crippen molar-refractivity contribution in [3.05, 3.63) is 60.3 Å². The van der Waals surface area contributed by atoms with Gasteiger partial charge in [-0.15, -0.1) is 11.8 Å². The molecular formula is C18H16N2O2S. The van der Waals surface area contributed by atoms with Gasteiger partial charge in [-0.25, -0.2) is 0 Å². The Morgan fingerprint density at radius 2 is 2.04 bits per heavy atom. The van der Waals surface area contributed by atoms with Crippen molar-refractivity contribution in [1.29, 1.82) is 0 Å². The molecule has 0 spiro atoms. The molecule has 1 heterocycles. The number of amides is 1. The highest BCUT2D eigenvalue weighted by Crippen LogP contribution is 2.26. The molecule has 1 amide bonds. The van der Waals surface area contributed by atoms with Gasteiger partial charge >= 0.3 is 0 Å². The average Bonchev–Trinajstić information content (AvgIpc) is 2.56. The van der Waals surface area contributed by atoms with Crippen molar-refractivity contribution in [3.63, 3.8) is 0 Å². The van der Waals surface area contributed by atoms with Gasteiger partial charge in [0, 0.05) is 22.2 Å². The van der Waals surface area contributed by atoms with Crippen molar-refractivity contribution in [3.8, 4) is 5.75 Å². The topological polar surface area (TPSA) is 62.2 Å². The van der Waals surface area contributed by atoms with Crippen molar-refractivity contribution in [2.24, 2.45) is 0 Å². The minimum absolute atomic E-state index is 0.0898. The fraction of sp³-hybridized carbons (Fsp3) is 0.111. The highest BCUT2D eigenvalue weighted by Gasteiger charge is 2.08. The number of nitrogens with zero attached hydrogens (tertiary/aromatic N) is 1. The fourth-order valence-electron chi connectivity index (χ4n) is 2.27. The lowest BCUT2D eigenvalue weighted by molar-refractivity contribution is -0.113. The summed E-state index contributed by atoms with van der Waals surface area (Å²) in [4.78, 5) is 17.5. The number of pyridine rings is 1. The van der Waals surface area contributed by atoms with Gasteiger partial charge in [0.15, 0.2) is 0 Å². The summed E-state index contributed by atoms with van der Waals surface area (Å²) >= 11 is 1.46. The second kappa shape index (κ2) is 6.71. The van der Waals surface area contributed by atoms with Crippen LogP contribution in [-0.2, 0) is 4.79 Å². The number of thioether (sulfide) groups is 1. The van der Waals surface area contributed by atoms with Gasteiger partial charge in [-0.1, -0.05) is 18.2 Å². The Morgan fingerprint density at radius 3 is 2.87 bits per heavy atom. The first-order valence-electron chi connectivity index (χ1n) is 7.19. The van der Waals surface area contributed by atoms with Crippen LogP contribution in [0.1, 0.15) is 5.56 Å². The van der Waals surface area contributed by atoms with E-state index in [1.807, 2.05) is 30.3 Å². The average molecular weight is 324 g/mol. The number of hydrogen-bond donors (Lipinski definition) is 2. The van der Waals surface area contributed by atoms with Crippen LogP contribution in [0.4, 0.5) is 5.69 Å². The maximum absolute atomic E-state index is 12.1. The molecule has 0 unspecified atom stereocenters. The summed E-state index contributed by atoms with van der Waals surface area (Å²) in [6.45, 7) is 1.79. The monoisotopic (exact) mass is 324 g/mol. The molecule has 0 aliphatic heterocycles. The van der Waals surface area contributed by atoms with Gasteiger partial charge in [0.1, 0.15) is 5.75 Å². The minimum Gasteiger partial charge on any atom is -0.508 e. The minimum atomic E-state index is -0.0898. The molecule has 0 bridgehead atoms. The molecule has 0 saturated carbocycles. The van der Waals surface area contributed by atoms with Gasteiger partial charge in [0.25, 0.3) is 0 Å². The van der Waals surface area contributed by atoms with E-state index in [2.05, 4.69) is 10.3 Å². The molecule has 116 valence electrons. The number of carbonyl (C=O) groups is 1. The number of hydrogen-bond acceptors (Lipinski definition) is 4. The molecule has 3 rings (SSSR count). The van der Waals surface area contributed by atoms with E-state index >= 15 is 0 Å². The Bertz CT molecular complexity index is 859. The molecule has 0 aliphatic carbocycles. The quantitative estimate of drug-likeness (QED) is 0.563. The van der Waals surface area contributed by atoms with E-state index in [0.717, 1.165) is 21.4 Å². The number of aromatic nitrogens is 1. The van der Waals surface area contributed by atoms with Crippen molar-refractivity contribution in [2.75, 3.05) is 11.1 Å². The van der Waals surface area contributed by atoms with Crippen LogP contribution in [0.2, 0.25) is 0 Å². The van der Waals surface area contributed by atoms with Crippen LogP contribution in [0.15, 0.2) is 59.6 Å². The van der Waals surface area contributed by atoms with E-state index in [0.29, 0.717) is 11.4 Å². The van der Waals surface area contributed by atoms with E-state index in [9.17, 15) is 9.90 Å². The number of anilines is 1. The van der Waals surface area contributed by atoms with E-state index in [1.54, 1.807) is 31.3 Å². The molecule has 5 heteroatoms. The third-order valence-corrected chi connectivity index (χ3v) is 4.48. The lowest BCUT2D eigenvalue weighted by atomic mass is 10.2. The summed E-state index contributed by atoms with van der Waals surface area (Å²) in [5.74, 6) is 0.433. The van der Waals surface area contributed by atoms with Crippen LogP contribution in [0.5, 0.6) is 5.75 Å². The van der Waals surface area contributed by atoms with Crippen LogP contribution in [-0.4, -0.2) is 21.8 Å². The molecule has 1 aromatic heterocycles. The number of aromatic hydroxyl groups is 1. The number of aryl methyl sites for hydroxylation is 1. The predicted molar refractivity (Wildman–Crippen MR) is 93.9 cm³/mol. The molecule has 0 aliphatic rings. The molecule has 0 radical (unpaired) electrons. The number of rotatable bonds is 4. The second-order valence-electron chi connectivity index (χ2n) is 5.17. The lowest BCUT2D eigenvalue weighted by Crippen LogP contribution is -2.14. The zero-order valence-electron chi connectivity index (χ0n) is 12.6. The molecule has 23 heavy (non-hydrogen) atoms. The summed E-state index contributed by atoms with van der Waals surface area (Å²) in [7, 11) is 0. The molecular weight excluding hydrogens is 308 g/mol. The molecule has 2 N–H and O–H groups in total. The number of fused-ring (bicyclic) bond motifs is 1. The maximum Gasteiger partial charge on any atom is 0.234 e. The largest absolute Gasteiger partial charge is 0.508 e. The van der Waals surface area contributed by atoms with Crippen molar-refractivity contribution in [1.82, 2.24) is 4.98 Å². The van der Waals surface area contributed by atoms with Crippen LogP contribution in [0.3, 0.4) is 0 Å². The Balaban J connectivity index is 1.67. The number of phenols is 1. The van der Waals surface area contributed by atoms with Crippen LogP contribution < -0.4 is 5.32 Å². The molecule has 3 aromatic rings. The number of phenolic OH excluding ortho intramolecular Hbond substituents is 1. The Morgan fingerprint density at radius 1 is 1.22 bits per heavy atom. The number of nitrogens with one attached hydrogen (secondary N) is 1. The van der Waals surface area contributed by atoms with E-state index in [1.165, 1.54) is 11.8 Å². The first-order valence-corrected chi connectivity index (χ1v) is 8.18. The molecule has 2 aromatic carbocycles. The van der Waals surface area contributed by atoms with Crippen molar-refractivity contribution >= 4 is 34.3 Å². The van der Waals surface area contributed by atoms with Crippen LogP contribution in [0.25, 0.3) is 10.9 Å². The third-order valence-electron chi connectivity index (χ3n) is 3.44. The SMILES string of the molecule is Cc1cc(NC(=O)CSc2cccc3cccnc23)ccc1O. The van der Waals surface area contributed by atoms with Gasteiger partial charge in [-0.3, -0.25) is 9.78 Å². The number of para-hydroxylation sites is 1. The van der Waals surface area contributed by atoms with Gasteiger partial charge in [-0.2, -0.15) is 0 Å². The lowest BCUT2D eigenvalue weighted by Gasteiger charge is -2.08. The van der Waals surface area contributed by atoms with E-state index < -0.39 is 0 Å². The van der Waals surface area contributed by atoms with E-state index in [4.69, 9.17) is 0 Å². The number of carbonyl (C=O) groups excluding carboxylic acids is 1. The summed E-state index contributed by atoms with van der Waals surface area (Å²) in [6.07, 6.45) is 1.76. The summed E-state index contributed by atoms with van der Waals surface area (Å²) in [5, 5.41) is 13.4. The number of benzene rings is 2. The second-order valence-corrected chi connectivity index (χ2v) is 6.19. The Kier molecular flexibility index (Phi) is 4.48. The summed E-state index contributed by atoms with van der Waals surface area (Å²) in [5.41, 5.74) is 2.32. The van der Waals surface area contributed by atoms with Gasteiger partial charge in [-0.05, 0) is 42.8 Å². The fourth-order valence-corrected chi connectivity index (χ4v) is 3.11. The molecule has 0 atom stereocenters. The zero-order chi connectivity index (χ0) is 16.2. The Hall–Kier alpha value is -2.53. The standard InChI is InChI=1S/C18H16N2O2S/c1-12-10-14(7-8-15(12)21)20-17(22)11-23-16-6-2-4-13-5-3-9-19-18(13)16/h2-10,21H,11H2,1H3,(H,20,22). The highest BCUT2D eigenvalue weighted by atomic mass is 32.2. The normalized spacial score (nSPS) is 10.7. The van der Waals surface area contributed by atoms with Gasteiger partial charge in [0.2, 0.25) is 5.91 Å². The zero-order valence-corrected chi connectivity index (χ0v) is 13.4. The van der Waals surface area contributed by atoms with Crippen LogP contribution >= 0.6 is 11.8 Å². The smallest absolute Gasteiger partial charge is 0.234 e. The van der Waals surface area contributed by atoms with Crippen molar-refractivity contribution in [2.45, 2.75) is 11.8 Å². The summed E-state index contributed by atoms with van der Waals surface area (Å²) in [6, 6.07) is 14.9. The molecule has 0 fully saturated rings. The van der Waals surface area contributed by atoms with Crippen molar-refractivity contribution < 1.29 is 9.90 Å². The third kappa shape index (κ3) is 3.63. The van der Waals surface area contributed by atoms with Crippen LogP contribution in [0, 0.1) is 6.92 Å².